The van der Waals surface area contributed by atoms with E-state index in [1.807, 2.05) is 0 Å². The molecule has 2 nitrogen and oxygen atoms in total. The van der Waals surface area contributed by atoms with Gasteiger partial charge in [-0.05, 0) is 30.3 Å². The molecule has 0 atom stereocenters. The summed E-state index contributed by atoms with van der Waals surface area (Å²) in [6, 6.07) is 5.92. The van der Waals surface area contributed by atoms with E-state index in [9.17, 15) is 13.6 Å². The number of aromatic nitrogens is 1. The lowest BCUT2D eigenvalue weighted by Crippen LogP contribution is -2.05. The number of carbonyl (C=O) groups excluding carboxylic acids is 1. The van der Waals surface area contributed by atoms with E-state index in [-0.39, 0.29) is 11.3 Å². The van der Waals surface area contributed by atoms with Gasteiger partial charge in [0.05, 0.1) is 11.3 Å². The van der Waals surface area contributed by atoms with Crippen LogP contribution in [-0.2, 0) is 0 Å². The van der Waals surface area contributed by atoms with Crippen molar-refractivity contribution in [2.24, 2.45) is 0 Å². The van der Waals surface area contributed by atoms with Crippen LogP contribution >= 0.6 is 0 Å². The Morgan fingerprint density at radius 1 is 1.20 bits per heavy atom. The Morgan fingerprint density at radius 2 is 2.00 bits per heavy atom. The van der Waals surface area contributed by atoms with Crippen LogP contribution in [0.2, 0.25) is 0 Å². The summed E-state index contributed by atoms with van der Waals surface area (Å²) >= 11 is 0. The average Bonchev–Trinajstić information content (AvgIpc) is 2.74. The van der Waals surface area contributed by atoms with E-state index >= 15 is 0 Å². The molecule has 2 aromatic rings. The molecule has 4 heteroatoms. The van der Waals surface area contributed by atoms with Crippen LogP contribution in [0.3, 0.4) is 0 Å². The molecule has 1 aromatic heterocycles. The highest BCUT2D eigenvalue weighted by Gasteiger charge is 2.15. The zero-order chi connectivity index (χ0) is 10.8. The molecule has 0 amide bonds. The molecule has 0 aliphatic rings. The third-order valence-corrected chi connectivity index (χ3v) is 2.02. The highest BCUT2D eigenvalue weighted by Crippen LogP contribution is 2.13. The molecule has 1 heterocycles. The molecule has 0 bridgehead atoms. The molecule has 0 saturated carbocycles. The van der Waals surface area contributed by atoms with Crippen molar-refractivity contribution in [2.75, 3.05) is 0 Å². The van der Waals surface area contributed by atoms with E-state index in [0.717, 1.165) is 18.2 Å². The van der Waals surface area contributed by atoms with Crippen molar-refractivity contribution in [3.05, 3.63) is 59.4 Å². The fourth-order valence-electron chi connectivity index (χ4n) is 1.29. The van der Waals surface area contributed by atoms with Crippen molar-refractivity contribution in [1.82, 2.24) is 4.98 Å². The minimum Gasteiger partial charge on any atom is -0.359 e. The van der Waals surface area contributed by atoms with Crippen molar-refractivity contribution in [1.29, 1.82) is 0 Å². The number of H-pyrrole nitrogens is 1. The first-order valence-electron chi connectivity index (χ1n) is 4.31. The molecule has 0 spiro atoms. The maximum absolute atomic E-state index is 13.2. The van der Waals surface area contributed by atoms with Crippen LogP contribution in [0.1, 0.15) is 16.1 Å². The number of halogens is 2. The first-order valence-corrected chi connectivity index (χ1v) is 4.31. The van der Waals surface area contributed by atoms with Crippen LogP contribution in [0.15, 0.2) is 36.5 Å². The molecule has 15 heavy (non-hydrogen) atoms. The molecule has 1 N–H and O–H groups in total. The summed E-state index contributed by atoms with van der Waals surface area (Å²) in [5, 5.41) is 0. The van der Waals surface area contributed by atoms with Crippen molar-refractivity contribution < 1.29 is 13.6 Å². The first kappa shape index (κ1) is 9.58. The maximum Gasteiger partial charge on any atom is 0.212 e. The standard InChI is InChI=1S/C11H7F2NO/c12-7-3-4-9(13)8(6-7)11(15)10-2-1-5-14-10/h1-6,14H. The Hall–Kier alpha value is -1.97. The molecule has 1 aromatic carbocycles. The van der Waals surface area contributed by atoms with Crippen LogP contribution in [0.4, 0.5) is 8.78 Å². The van der Waals surface area contributed by atoms with Gasteiger partial charge in [-0.1, -0.05) is 0 Å². The van der Waals surface area contributed by atoms with E-state index in [1.165, 1.54) is 6.07 Å². The summed E-state index contributed by atoms with van der Waals surface area (Å²) in [7, 11) is 0. The number of nitrogens with one attached hydrogen (secondary N) is 1. The lowest BCUT2D eigenvalue weighted by atomic mass is 10.1. The summed E-state index contributed by atoms with van der Waals surface area (Å²) < 4.78 is 26.0. The predicted octanol–water partition coefficient (Wildman–Crippen LogP) is 2.52. The lowest BCUT2D eigenvalue weighted by molar-refractivity contribution is 0.103. The monoisotopic (exact) mass is 207 g/mol. The van der Waals surface area contributed by atoms with Gasteiger partial charge in [0, 0.05) is 6.20 Å². The van der Waals surface area contributed by atoms with Gasteiger partial charge in [0.1, 0.15) is 11.6 Å². The van der Waals surface area contributed by atoms with Gasteiger partial charge in [0.15, 0.2) is 0 Å². The summed E-state index contributed by atoms with van der Waals surface area (Å²) in [4.78, 5) is 14.3. The normalized spacial score (nSPS) is 10.3. The summed E-state index contributed by atoms with van der Waals surface area (Å²) in [5.74, 6) is -1.92. The smallest absolute Gasteiger partial charge is 0.212 e. The second-order valence-electron chi connectivity index (χ2n) is 3.04. The quantitative estimate of drug-likeness (QED) is 0.754. The molecule has 0 unspecified atom stereocenters. The van der Waals surface area contributed by atoms with Crippen LogP contribution < -0.4 is 0 Å². The number of benzene rings is 1. The molecule has 2 rings (SSSR count). The fraction of sp³-hybridized carbons (Fsp3) is 0. The predicted molar refractivity (Wildman–Crippen MR) is 50.6 cm³/mol. The number of aromatic amines is 1. The molecule has 0 fully saturated rings. The van der Waals surface area contributed by atoms with E-state index in [2.05, 4.69) is 4.98 Å². The number of ketones is 1. The van der Waals surface area contributed by atoms with E-state index in [1.54, 1.807) is 12.3 Å². The Kier molecular flexibility index (Phi) is 2.33. The Balaban J connectivity index is 2.46. The minimum atomic E-state index is -0.726. The lowest BCUT2D eigenvalue weighted by Gasteiger charge is -2.00. The van der Waals surface area contributed by atoms with Crippen molar-refractivity contribution in [2.45, 2.75) is 0 Å². The molecule has 0 aliphatic carbocycles. The number of carbonyl (C=O) groups is 1. The van der Waals surface area contributed by atoms with Crippen LogP contribution in [-0.4, -0.2) is 10.8 Å². The van der Waals surface area contributed by atoms with Gasteiger partial charge < -0.3 is 4.98 Å². The van der Waals surface area contributed by atoms with Gasteiger partial charge in [0.25, 0.3) is 0 Å². The first-order chi connectivity index (χ1) is 7.18. The van der Waals surface area contributed by atoms with Gasteiger partial charge in [-0.25, -0.2) is 8.78 Å². The topological polar surface area (TPSA) is 32.9 Å². The number of hydrogen-bond acceptors (Lipinski definition) is 1. The Labute approximate surface area is 84.6 Å². The van der Waals surface area contributed by atoms with Gasteiger partial charge >= 0.3 is 0 Å². The van der Waals surface area contributed by atoms with Crippen molar-refractivity contribution in [3.63, 3.8) is 0 Å². The molecular weight excluding hydrogens is 200 g/mol. The van der Waals surface area contributed by atoms with Gasteiger partial charge in [-0.3, -0.25) is 4.79 Å². The third kappa shape index (κ3) is 1.79. The fourth-order valence-corrected chi connectivity index (χ4v) is 1.29. The highest BCUT2D eigenvalue weighted by molar-refractivity contribution is 6.07. The zero-order valence-electron chi connectivity index (χ0n) is 7.63. The van der Waals surface area contributed by atoms with E-state index < -0.39 is 17.4 Å². The summed E-state index contributed by atoms with van der Waals surface area (Å²) in [6.45, 7) is 0. The van der Waals surface area contributed by atoms with Crippen LogP contribution in [0.25, 0.3) is 0 Å². The maximum atomic E-state index is 13.2. The molecular formula is C11H7F2NO. The highest BCUT2D eigenvalue weighted by atomic mass is 19.1. The van der Waals surface area contributed by atoms with Crippen LogP contribution in [0.5, 0.6) is 0 Å². The van der Waals surface area contributed by atoms with Crippen molar-refractivity contribution in [3.8, 4) is 0 Å². The van der Waals surface area contributed by atoms with E-state index in [0.29, 0.717) is 0 Å². The second kappa shape index (κ2) is 3.65. The number of rotatable bonds is 2. The zero-order valence-corrected chi connectivity index (χ0v) is 7.63. The van der Waals surface area contributed by atoms with Gasteiger partial charge in [-0.2, -0.15) is 0 Å². The van der Waals surface area contributed by atoms with Crippen molar-refractivity contribution >= 4 is 5.78 Å². The Bertz CT molecular complexity index is 491. The SMILES string of the molecule is O=C(c1ccc[nH]1)c1cc(F)ccc1F. The third-order valence-electron chi connectivity index (χ3n) is 2.02. The van der Waals surface area contributed by atoms with Gasteiger partial charge in [-0.15, -0.1) is 0 Å². The van der Waals surface area contributed by atoms with Crippen LogP contribution in [0, 0.1) is 11.6 Å². The largest absolute Gasteiger partial charge is 0.359 e. The average molecular weight is 207 g/mol. The molecule has 0 aliphatic heterocycles. The molecule has 76 valence electrons. The summed E-state index contributed by atoms with van der Waals surface area (Å²) in [6.07, 6.45) is 1.55. The van der Waals surface area contributed by atoms with Gasteiger partial charge in [0.2, 0.25) is 5.78 Å². The van der Waals surface area contributed by atoms with E-state index in [4.69, 9.17) is 0 Å². The molecule has 0 radical (unpaired) electrons. The molecule has 0 saturated heterocycles. The summed E-state index contributed by atoms with van der Waals surface area (Å²) in [5.41, 5.74) is -0.0306. The Morgan fingerprint density at radius 3 is 2.67 bits per heavy atom. The number of hydrogen-bond donors (Lipinski definition) is 1. The minimum absolute atomic E-state index is 0.236. The second-order valence-corrected chi connectivity index (χ2v) is 3.04.